The molecule has 0 aliphatic carbocycles. The lowest BCUT2D eigenvalue weighted by Gasteiger charge is -2.16. The zero-order chi connectivity index (χ0) is 14.8. The number of benzene rings is 1. The van der Waals surface area contributed by atoms with Gasteiger partial charge >= 0.3 is 0 Å². The van der Waals surface area contributed by atoms with Crippen LogP contribution < -0.4 is 5.32 Å². The number of amidine groups is 1. The summed E-state index contributed by atoms with van der Waals surface area (Å²) in [6, 6.07) is 6.98. The molecule has 2 heterocycles. The van der Waals surface area contributed by atoms with Crippen LogP contribution in [-0.2, 0) is 4.79 Å². The minimum Gasteiger partial charge on any atom is -0.326 e. The maximum absolute atomic E-state index is 12.1. The molecule has 1 aromatic rings. The van der Waals surface area contributed by atoms with E-state index in [2.05, 4.69) is 15.2 Å². The summed E-state index contributed by atoms with van der Waals surface area (Å²) < 4.78 is 0. The fraction of sp³-hybridized carbons (Fsp3) is 0.267. The number of hydrogen-bond donors (Lipinski definition) is 1. The number of hydrogen-bond acceptors (Lipinski definition) is 5. The summed E-state index contributed by atoms with van der Waals surface area (Å²) in [6.45, 7) is 3.15. The molecule has 0 fully saturated rings. The lowest BCUT2D eigenvalue weighted by Crippen LogP contribution is -2.24. The number of rotatable bonds is 4. The number of thioether (sulfide) groups is 1. The number of anilines is 1. The Labute approximate surface area is 127 Å². The second-order valence-corrected chi connectivity index (χ2v) is 5.74. The van der Waals surface area contributed by atoms with Crippen LogP contribution in [0.1, 0.15) is 23.7 Å². The van der Waals surface area contributed by atoms with E-state index in [0.717, 1.165) is 24.0 Å². The topological polar surface area (TPSA) is 61.8 Å². The van der Waals surface area contributed by atoms with Crippen LogP contribution in [0.5, 0.6) is 0 Å². The molecule has 0 aromatic heterocycles. The van der Waals surface area contributed by atoms with E-state index in [1.165, 1.54) is 6.92 Å². The van der Waals surface area contributed by atoms with Gasteiger partial charge in [0.05, 0.1) is 13.0 Å². The molecule has 0 unspecified atom stereocenters. The predicted octanol–water partition coefficient (Wildman–Crippen LogP) is 2.48. The fourth-order valence-electron chi connectivity index (χ4n) is 2.30. The molecule has 2 aliphatic heterocycles. The molecule has 0 spiro atoms. The molecule has 6 heteroatoms. The Morgan fingerprint density at radius 3 is 3.10 bits per heavy atom. The van der Waals surface area contributed by atoms with E-state index in [0.29, 0.717) is 17.7 Å². The zero-order valence-electron chi connectivity index (χ0n) is 11.6. The quantitative estimate of drug-likeness (QED) is 0.868. The molecule has 2 aliphatic rings. The van der Waals surface area contributed by atoms with Crippen molar-refractivity contribution < 1.29 is 9.59 Å². The highest BCUT2D eigenvalue weighted by Crippen LogP contribution is 2.30. The van der Waals surface area contributed by atoms with Crippen LogP contribution in [0.25, 0.3) is 0 Å². The fourth-order valence-corrected chi connectivity index (χ4v) is 3.25. The maximum atomic E-state index is 12.1. The number of carbonyl (C=O) groups excluding carboxylic acids is 2. The average molecular weight is 301 g/mol. The maximum Gasteiger partial charge on any atom is 0.230 e. The Hall–Kier alpha value is -2.08. The van der Waals surface area contributed by atoms with E-state index in [1.807, 2.05) is 5.41 Å². The lowest BCUT2D eigenvalue weighted by atomic mass is 10.1. The van der Waals surface area contributed by atoms with Gasteiger partial charge in [0, 0.05) is 23.5 Å². The molecule has 0 atom stereocenters. The molecule has 1 aromatic carbocycles. The van der Waals surface area contributed by atoms with Crippen molar-refractivity contribution in [2.75, 3.05) is 18.4 Å². The van der Waals surface area contributed by atoms with Crippen LogP contribution in [-0.4, -0.2) is 34.8 Å². The smallest absolute Gasteiger partial charge is 0.230 e. The number of nitrogens with one attached hydrogen (secondary N) is 1. The SMILES string of the molecule is CC(=O)c1cccc(NC(=O)CC2=CSC3=NCCN23)c1. The molecule has 21 heavy (non-hydrogen) atoms. The van der Waals surface area contributed by atoms with Gasteiger partial charge in [-0.2, -0.15) is 0 Å². The summed E-state index contributed by atoms with van der Waals surface area (Å²) in [7, 11) is 0. The van der Waals surface area contributed by atoms with Crippen molar-refractivity contribution in [1.82, 2.24) is 4.90 Å². The first-order chi connectivity index (χ1) is 10.1. The predicted molar refractivity (Wildman–Crippen MR) is 84.4 cm³/mol. The van der Waals surface area contributed by atoms with Crippen molar-refractivity contribution >= 4 is 34.3 Å². The summed E-state index contributed by atoms with van der Waals surface area (Å²) >= 11 is 1.56. The molecule has 0 bridgehead atoms. The van der Waals surface area contributed by atoms with Gasteiger partial charge in [-0.05, 0) is 24.5 Å². The molecule has 108 valence electrons. The van der Waals surface area contributed by atoms with Crippen LogP contribution in [0.15, 0.2) is 40.4 Å². The minimum atomic E-state index is -0.0873. The van der Waals surface area contributed by atoms with Crippen LogP contribution in [0.2, 0.25) is 0 Å². The van der Waals surface area contributed by atoms with Gasteiger partial charge < -0.3 is 10.2 Å². The van der Waals surface area contributed by atoms with Gasteiger partial charge in [0.2, 0.25) is 5.91 Å². The molecular weight excluding hydrogens is 286 g/mol. The van der Waals surface area contributed by atoms with E-state index >= 15 is 0 Å². The molecule has 0 saturated heterocycles. The van der Waals surface area contributed by atoms with Gasteiger partial charge in [0.15, 0.2) is 11.0 Å². The number of nitrogens with zero attached hydrogens (tertiary/aromatic N) is 2. The van der Waals surface area contributed by atoms with Crippen molar-refractivity contribution in [2.24, 2.45) is 4.99 Å². The van der Waals surface area contributed by atoms with Gasteiger partial charge in [-0.15, -0.1) is 0 Å². The van der Waals surface area contributed by atoms with E-state index in [4.69, 9.17) is 0 Å². The largest absolute Gasteiger partial charge is 0.326 e. The monoisotopic (exact) mass is 301 g/mol. The number of fused-ring (bicyclic) bond motifs is 1. The third kappa shape index (κ3) is 3.00. The summed E-state index contributed by atoms with van der Waals surface area (Å²) in [4.78, 5) is 29.9. The van der Waals surface area contributed by atoms with Gasteiger partial charge in [0.25, 0.3) is 0 Å². The number of aliphatic imine (C=N–C) groups is 1. The highest BCUT2D eigenvalue weighted by atomic mass is 32.2. The Morgan fingerprint density at radius 2 is 2.29 bits per heavy atom. The molecule has 5 nitrogen and oxygen atoms in total. The third-order valence-corrected chi connectivity index (χ3v) is 4.29. The van der Waals surface area contributed by atoms with Crippen LogP contribution in [0, 0.1) is 0 Å². The van der Waals surface area contributed by atoms with Crippen LogP contribution in [0.3, 0.4) is 0 Å². The van der Waals surface area contributed by atoms with Crippen molar-refractivity contribution in [3.8, 4) is 0 Å². The molecule has 1 N–H and O–H groups in total. The Morgan fingerprint density at radius 1 is 1.43 bits per heavy atom. The first-order valence-corrected chi connectivity index (χ1v) is 7.60. The standard InChI is InChI=1S/C15H15N3O2S/c1-10(19)11-3-2-4-12(7-11)17-14(20)8-13-9-21-15-16-5-6-18(13)15/h2-4,7,9H,5-6,8H2,1H3,(H,17,20). The minimum absolute atomic E-state index is 0.0149. The second kappa shape index (κ2) is 5.73. The molecule has 1 amide bonds. The van der Waals surface area contributed by atoms with Crippen molar-refractivity contribution in [1.29, 1.82) is 0 Å². The van der Waals surface area contributed by atoms with Crippen molar-refractivity contribution in [3.63, 3.8) is 0 Å². The number of Topliss-reactive ketones (excluding diaryl/α,β-unsaturated/α-hetero) is 1. The van der Waals surface area contributed by atoms with Crippen LogP contribution in [0.4, 0.5) is 5.69 Å². The zero-order valence-corrected chi connectivity index (χ0v) is 12.4. The van der Waals surface area contributed by atoms with E-state index in [-0.39, 0.29) is 11.7 Å². The first-order valence-electron chi connectivity index (χ1n) is 6.72. The highest BCUT2D eigenvalue weighted by Gasteiger charge is 2.27. The number of amides is 1. The molecule has 3 rings (SSSR count). The number of ketones is 1. The Kier molecular flexibility index (Phi) is 3.79. The summed E-state index contributed by atoms with van der Waals surface area (Å²) in [6.07, 6.45) is 0.316. The van der Waals surface area contributed by atoms with Gasteiger partial charge in [0.1, 0.15) is 0 Å². The number of carbonyl (C=O) groups is 2. The average Bonchev–Trinajstić information content (AvgIpc) is 3.04. The lowest BCUT2D eigenvalue weighted by molar-refractivity contribution is -0.115. The van der Waals surface area contributed by atoms with E-state index in [1.54, 1.807) is 36.0 Å². The normalized spacial score (nSPS) is 16.3. The second-order valence-electron chi connectivity index (χ2n) is 4.90. The van der Waals surface area contributed by atoms with E-state index in [9.17, 15) is 9.59 Å². The Bertz CT molecular complexity index is 667. The van der Waals surface area contributed by atoms with Gasteiger partial charge in [-0.25, -0.2) is 0 Å². The van der Waals surface area contributed by atoms with Crippen molar-refractivity contribution in [2.45, 2.75) is 13.3 Å². The summed E-state index contributed by atoms with van der Waals surface area (Å²) in [5.74, 6) is -0.102. The first kappa shape index (κ1) is 13.9. The highest BCUT2D eigenvalue weighted by molar-refractivity contribution is 8.16. The van der Waals surface area contributed by atoms with Gasteiger partial charge in [-0.1, -0.05) is 23.9 Å². The summed E-state index contributed by atoms with van der Waals surface area (Å²) in [5, 5.41) is 5.79. The molecular formula is C15H15N3O2S. The van der Waals surface area contributed by atoms with Gasteiger partial charge in [-0.3, -0.25) is 14.6 Å². The Balaban J connectivity index is 1.63. The molecule has 0 radical (unpaired) electrons. The third-order valence-electron chi connectivity index (χ3n) is 3.34. The summed E-state index contributed by atoms with van der Waals surface area (Å²) in [5.41, 5.74) is 2.23. The molecule has 0 saturated carbocycles. The van der Waals surface area contributed by atoms with Crippen molar-refractivity contribution in [3.05, 3.63) is 40.9 Å². The van der Waals surface area contributed by atoms with E-state index < -0.39 is 0 Å². The van der Waals surface area contributed by atoms with Crippen LogP contribution >= 0.6 is 11.8 Å².